The lowest BCUT2D eigenvalue weighted by atomic mass is 10.1. The molecule has 2 heterocycles. The molecule has 1 amide bonds. The van der Waals surface area contributed by atoms with Crippen molar-refractivity contribution in [3.05, 3.63) is 24.0 Å². The van der Waals surface area contributed by atoms with Crippen molar-refractivity contribution in [2.75, 3.05) is 25.5 Å². The fraction of sp³-hybridized carbons (Fsp3) is 0.500. The van der Waals surface area contributed by atoms with Gasteiger partial charge < -0.3 is 15.4 Å². The fourth-order valence-electron chi connectivity index (χ4n) is 3.07. The van der Waals surface area contributed by atoms with Crippen molar-refractivity contribution in [3.8, 4) is 5.75 Å². The Kier molecular flexibility index (Phi) is 6.89. The van der Waals surface area contributed by atoms with Gasteiger partial charge in [0.2, 0.25) is 11.6 Å². The van der Waals surface area contributed by atoms with Crippen LogP contribution >= 0.6 is 15.9 Å². The Balaban J connectivity index is 1.63. The van der Waals surface area contributed by atoms with E-state index in [1.165, 1.54) is 0 Å². The van der Waals surface area contributed by atoms with Gasteiger partial charge in [-0.15, -0.1) is 10.2 Å². The second-order valence-corrected chi connectivity index (χ2v) is 8.28. The van der Waals surface area contributed by atoms with E-state index in [0.717, 1.165) is 42.0 Å². The number of aryl methyl sites for hydroxylation is 1. The average molecular weight is 463 g/mol. The zero-order valence-electron chi connectivity index (χ0n) is 17.2. The third-order valence-electron chi connectivity index (χ3n) is 4.72. The smallest absolute Gasteiger partial charge is 0.234 e. The summed E-state index contributed by atoms with van der Waals surface area (Å²) >= 11 is 3.42. The van der Waals surface area contributed by atoms with Crippen LogP contribution in [0.3, 0.4) is 0 Å². The summed E-state index contributed by atoms with van der Waals surface area (Å²) in [4.78, 5) is 16.5. The van der Waals surface area contributed by atoms with Crippen LogP contribution in [-0.4, -0.2) is 50.5 Å². The number of methoxy groups -OCH3 is 1. The predicted octanol–water partition coefficient (Wildman–Crippen LogP) is 3.32. The first-order valence-electron chi connectivity index (χ1n) is 9.77. The van der Waals surface area contributed by atoms with E-state index >= 15 is 0 Å². The van der Waals surface area contributed by atoms with Crippen LogP contribution in [0.1, 0.15) is 32.5 Å². The normalized spacial score (nSPS) is 12.5. The second kappa shape index (κ2) is 9.39. The Hall–Kier alpha value is -2.42. The average Bonchev–Trinajstić information content (AvgIpc) is 3.11. The van der Waals surface area contributed by atoms with Crippen LogP contribution in [0.15, 0.2) is 18.2 Å². The van der Waals surface area contributed by atoms with Crippen LogP contribution in [-0.2, 0) is 4.79 Å². The van der Waals surface area contributed by atoms with E-state index in [0.29, 0.717) is 18.0 Å². The number of carbonyl (C=O) groups excluding carboxylic acids is 1. The van der Waals surface area contributed by atoms with Crippen LogP contribution in [0.25, 0.3) is 16.7 Å². The van der Waals surface area contributed by atoms with Gasteiger partial charge in [0, 0.05) is 19.2 Å². The predicted molar refractivity (Wildman–Crippen MR) is 118 cm³/mol. The van der Waals surface area contributed by atoms with E-state index in [4.69, 9.17) is 9.72 Å². The summed E-state index contributed by atoms with van der Waals surface area (Å²) in [6.45, 7) is 7.33. The number of nitrogens with zero attached hydrogens (tertiary/aromatic N) is 4. The number of nitrogens with one attached hydrogen (secondary N) is 2. The quantitative estimate of drug-likeness (QED) is 0.374. The number of anilines is 1. The molecule has 0 aliphatic rings. The maximum Gasteiger partial charge on any atom is 0.234 e. The van der Waals surface area contributed by atoms with E-state index in [2.05, 4.69) is 36.8 Å². The molecule has 0 aliphatic heterocycles. The Labute approximate surface area is 178 Å². The summed E-state index contributed by atoms with van der Waals surface area (Å²) in [7, 11) is 1.64. The molecule has 1 aromatic carbocycles. The number of amides is 1. The third kappa shape index (κ3) is 4.77. The number of ether oxygens (including phenoxy) is 1. The number of rotatable bonds is 9. The van der Waals surface area contributed by atoms with Gasteiger partial charge in [-0.05, 0) is 37.8 Å². The van der Waals surface area contributed by atoms with E-state index in [9.17, 15) is 4.79 Å². The number of halogens is 1. The highest BCUT2D eigenvalue weighted by Gasteiger charge is 2.17. The molecule has 1 atom stereocenters. The lowest BCUT2D eigenvalue weighted by Crippen LogP contribution is -2.34. The summed E-state index contributed by atoms with van der Waals surface area (Å²) in [5.74, 6) is 2.55. The molecule has 0 saturated carbocycles. The van der Waals surface area contributed by atoms with Gasteiger partial charge >= 0.3 is 0 Å². The summed E-state index contributed by atoms with van der Waals surface area (Å²) in [5, 5.41) is 14.8. The van der Waals surface area contributed by atoms with Crippen molar-refractivity contribution in [2.24, 2.45) is 5.92 Å². The molecule has 2 aromatic heterocycles. The van der Waals surface area contributed by atoms with E-state index in [1.54, 1.807) is 7.11 Å². The minimum absolute atomic E-state index is 0.0405. The zero-order valence-corrected chi connectivity index (χ0v) is 18.8. The molecule has 0 fully saturated rings. The summed E-state index contributed by atoms with van der Waals surface area (Å²) in [6.07, 6.45) is 1.77. The van der Waals surface area contributed by atoms with Gasteiger partial charge in [-0.2, -0.15) is 0 Å². The number of fused-ring (bicyclic) bond motifs is 3. The van der Waals surface area contributed by atoms with Gasteiger partial charge in [0.1, 0.15) is 11.6 Å². The summed E-state index contributed by atoms with van der Waals surface area (Å²) in [5.41, 5.74) is 2.45. The molecule has 156 valence electrons. The van der Waals surface area contributed by atoms with Crippen LogP contribution in [0.2, 0.25) is 0 Å². The fourth-order valence-corrected chi connectivity index (χ4v) is 3.23. The molecule has 0 unspecified atom stereocenters. The van der Waals surface area contributed by atoms with Crippen molar-refractivity contribution in [3.63, 3.8) is 0 Å². The van der Waals surface area contributed by atoms with Gasteiger partial charge in [-0.25, -0.2) is 4.98 Å². The van der Waals surface area contributed by atoms with Crippen LogP contribution in [0, 0.1) is 12.8 Å². The molecule has 0 bridgehead atoms. The molecule has 0 radical (unpaired) electrons. The van der Waals surface area contributed by atoms with Crippen molar-refractivity contribution in [2.45, 2.75) is 38.4 Å². The van der Waals surface area contributed by atoms with Crippen molar-refractivity contribution in [1.29, 1.82) is 0 Å². The molecule has 9 heteroatoms. The maximum atomic E-state index is 12.0. The van der Waals surface area contributed by atoms with Crippen LogP contribution < -0.4 is 15.4 Å². The number of hydrogen-bond donors (Lipinski definition) is 2. The molecule has 0 aliphatic carbocycles. The van der Waals surface area contributed by atoms with Gasteiger partial charge in [-0.3, -0.25) is 9.20 Å². The lowest BCUT2D eigenvalue weighted by molar-refractivity contribution is -0.121. The summed E-state index contributed by atoms with van der Waals surface area (Å²) < 4.78 is 7.32. The first-order valence-corrected chi connectivity index (χ1v) is 10.7. The molecule has 0 saturated heterocycles. The Morgan fingerprint density at radius 3 is 2.72 bits per heavy atom. The van der Waals surface area contributed by atoms with Gasteiger partial charge in [0.05, 0.1) is 23.0 Å². The molecule has 29 heavy (non-hydrogen) atoms. The van der Waals surface area contributed by atoms with E-state index < -0.39 is 0 Å². The first-order chi connectivity index (χ1) is 13.9. The van der Waals surface area contributed by atoms with Gasteiger partial charge in [-0.1, -0.05) is 29.8 Å². The van der Waals surface area contributed by atoms with Crippen molar-refractivity contribution >= 4 is 44.3 Å². The van der Waals surface area contributed by atoms with Crippen LogP contribution in [0.5, 0.6) is 5.75 Å². The molecule has 3 rings (SSSR count). The largest absolute Gasteiger partial charge is 0.497 e. The molecule has 2 N–H and O–H groups in total. The highest BCUT2D eigenvalue weighted by Crippen LogP contribution is 2.25. The Bertz CT molecular complexity index is 1000. The minimum atomic E-state index is -0.149. The minimum Gasteiger partial charge on any atom is -0.497 e. The molecule has 0 spiro atoms. The number of aromatic nitrogens is 4. The number of benzene rings is 1. The highest BCUT2D eigenvalue weighted by molar-refractivity contribution is 9.10. The van der Waals surface area contributed by atoms with Crippen molar-refractivity contribution in [1.82, 2.24) is 24.9 Å². The lowest BCUT2D eigenvalue weighted by Gasteiger charge is -2.14. The SMILES string of the molecule is COc1ccc2c(c1)nc(NCCCCNC(=O)[C@@H](Br)C(C)C)c1nnc(C)n12. The monoisotopic (exact) mass is 462 g/mol. The molecular formula is C20H27BrN6O2. The zero-order chi connectivity index (χ0) is 21.0. The number of hydrogen-bond acceptors (Lipinski definition) is 6. The van der Waals surface area contributed by atoms with Crippen LogP contribution in [0.4, 0.5) is 5.82 Å². The second-order valence-electron chi connectivity index (χ2n) is 7.29. The van der Waals surface area contributed by atoms with E-state index in [-0.39, 0.29) is 16.7 Å². The Morgan fingerprint density at radius 2 is 2.00 bits per heavy atom. The first kappa shape index (κ1) is 21.3. The van der Waals surface area contributed by atoms with E-state index in [1.807, 2.05) is 43.4 Å². The standard InChI is InChI=1S/C20H27BrN6O2/c1-12(2)17(21)20(28)23-10-6-5-9-22-18-19-26-25-13(3)27(19)16-8-7-14(29-4)11-15(16)24-18/h7-8,11-12,17H,5-6,9-10H2,1-4H3,(H,22,24)(H,23,28)/t17-/m0/s1. The number of carbonyl (C=O) groups is 1. The number of alkyl halides is 1. The van der Waals surface area contributed by atoms with Crippen molar-refractivity contribution < 1.29 is 9.53 Å². The van der Waals surface area contributed by atoms with Gasteiger partial charge in [0.25, 0.3) is 0 Å². The van der Waals surface area contributed by atoms with Gasteiger partial charge in [0.15, 0.2) is 5.82 Å². The molecule has 3 aromatic rings. The summed E-state index contributed by atoms with van der Waals surface area (Å²) in [6, 6.07) is 5.77. The molecule has 8 nitrogen and oxygen atoms in total. The topological polar surface area (TPSA) is 93.4 Å². The maximum absolute atomic E-state index is 12.0. The highest BCUT2D eigenvalue weighted by atomic mass is 79.9. The molecular weight excluding hydrogens is 436 g/mol. The third-order valence-corrected chi connectivity index (χ3v) is 6.20. The Morgan fingerprint density at radius 1 is 1.24 bits per heavy atom. The number of unbranched alkanes of at least 4 members (excludes halogenated alkanes) is 1.